The van der Waals surface area contributed by atoms with Gasteiger partial charge in [0.05, 0.1) is 24.6 Å². The highest BCUT2D eigenvalue weighted by Gasteiger charge is 2.09. The maximum absolute atomic E-state index is 11.8. The van der Waals surface area contributed by atoms with Crippen molar-refractivity contribution < 1.29 is 15.0 Å². The quantitative estimate of drug-likeness (QED) is 0.525. The molecule has 0 aliphatic rings. The summed E-state index contributed by atoms with van der Waals surface area (Å²) >= 11 is 5.78. The highest BCUT2D eigenvalue weighted by atomic mass is 35.5. The van der Waals surface area contributed by atoms with E-state index in [4.69, 9.17) is 27.5 Å². The summed E-state index contributed by atoms with van der Waals surface area (Å²) in [4.78, 5) is 13.6. The van der Waals surface area contributed by atoms with E-state index in [2.05, 4.69) is 5.32 Å². The number of anilines is 2. The summed E-state index contributed by atoms with van der Waals surface area (Å²) in [7, 11) is 0. The second-order valence-electron chi connectivity index (χ2n) is 4.32. The van der Waals surface area contributed by atoms with Crippen molar-refractivity contribution in [1.29, 1.82) is 0 Å². The van der Waals surface area contributed by atoms with Gasteiger partial charge in [0.25, 0.3) is 0 Å². The van der Waals surface area contributed by atoms with Gasteiger partial charge in [-0.05, 0) is 18.2 Å². The Labute approximate surface area is 123 Å². The fourth-order valence-corrected chi connectivity index (χ4v) is 1.92. The zero-order chi connectivity index (χ0) is 15.0. The molecule has 1 aromatic carbocycles. The molecule has 0 unspecified atom stereocenters. The standard InChI is InChI=1S/C13H20ClN3O3/c14-10-1-2-12(11(15)9-10)16-13(20)3-4-17(5-7-18)6-8-19/h1-2,9,18-19H,3-8,15H2,(H,16,20). The van der Waals surface area contributed by atoms with Gasteiger partial charge in [0.15, 0.2) is 0 Å². The number of halogens is 1. The largest absolute Gasteiger partial charge is 0.397 e. The molecule has 0 bridgehead atoms. The molecule has 20 heavy (non-hydrogen) atoms. The summed E-state index contributed by atoms with van der Waals surface area (Å²) in [5, 5.41) is 21.0. The Balaban J connectivity index is 2.46. The molecule has 0 radical (unpaired) electrons. The van der Waals surface area contributed by atoms with Crippen molar-refractivity contribution in [3.05, 3.63) is 23.2 Å². The molecule has 0 fully saturated rings. The number of rotatable bonds is 8. The van der Waals surface area contributed by atoms with E-state index in [9.17, 15) is 4.79 Å². The third kappa shape index (κ3) is 5.75. The maximum atomic E-state index is 11.8. The van der Waals surface area contributed by atoms with Crippen LogP contribution in [0.25, 0.3) is 0 Å². The van der Waals surface area contributed by atoms with Crippen molar-refractivity contribution in [2.24, 2.45) is 0 Å². The van der Waals surface area contributed by atoms with Crippen molar-refractivity contribution in [3.8, 4) is 0 Å². The Morgan fingerprint density at radius 2 is 1.90 bits per heavy atom. The predicted molar refractivity (Wildman–Crippen MR) is 79.7 cm³/mol. The number of carbonyl (C=O) groups is 1. The molecular weight excluding hydrogens is 282 g/mol. The Morgan fingerprint density at radius 3 is 2.45 bits per heavy atom. The molecule has 0 aromatic heterocycles. The van der Waals surface area contributed by atoms with Gasteiger partial charge in [0.2, 0.25) is 5.91 Å². The van der Waals surface area contributed by atoms with Crippen LogP contribution in [0, 0.1) is 0 Å². The predicted octanol–water partition coefficient (Wildman–Crippen LogP) is 0.537. The third-order valence-electron chi connectivity index (χ3n) is 2.78. The molecule has 0 heterocycles. The van der Waals surface area contributed by atoms with Crippen LogP contribution in [0.4, 0.5) is 11.4 Å². The van der Waals surface area contributed by atoms with Gasteiger partial charge in [-0.3, -0.25) is 9.69 Å². The van der Waals surface area contributed by atoms with E-state index in [1.165, 1.54) is 0 Å². The zero-order valence-electron chi connectivity index (χ0n) is 11.2. The first kappa shape index (κ1) is 16.7. The summed E-state index contributed by atoms with van der Waals surface area (Å²) in [6.07, 6.45) is 0.252. The molecule has 1 rings (SSSR count). The lowest BCUT2D eigenvalue weighted by Crippen LogP contribution is -2.32. The van der Waals surface area contributed by atoms with Gasteiger partial charge in [-0.2, -0.15) is 0 Å². The van der Waals surface area contributed by atoms with Crippen molar-refractivity contribution in [1.82, 2.24) is 4.90 Å². The number of nitrogens with two attached hydrogens (primary N) is 1. The molecule has 0 saturated carbocycles. The minimum atomic E-state index is -0.181. The second-order valence-corrected chi connectivity index (χ2v) is 4.76. The van der Waals surface area contributed by atoms with Crippen LogP contribution in [0.2, 0.25) is 5.02 Å². The number of nitrogen functional groups attached to an aromatic ring is 1. The molecule has 0 spiro atoms. The van der Waals surface area contributed by atoms with E-state index in [0.717, 1.165) is 0 Å². The van der Waals surface area contributed by atoms with E-state index in [-0.39, 0.29) is 25.5 Å². The first-order chi connectivity index (χ1) is 9.56. The van der Waals surface area contributed by atoms with Crippen LogP contribution in [-0.4, -0.2) is 53.9 Å². The summed E-state index contributed by atoms with van der Waals surface area (Å²) in [6, 6.07) is 4.87. The number of nitrogens with zero attached hydrogens (tertiary/aromatic N) is 1. The molecule has 1 aromatic rings. The number of hydrogen-bond acceptors (Lipinski definition) is 5. The van der Waals surface area contributed by atoms with Gasteiger partial charge in [-0.1, -0.05) is 11.6 Å². The average Bonchev–Trinajstić information content (AvgIpc) is 2.40. The van der Waals surface area contributed by atoms with Crippen molar-refractivity contribution in [2.75, 3.05) is 43.9 Å². The van der Waals surface area contributed by atoms with Crippen LogP contribution in [0.5, 0.6) is 0 Å². The molecule has 5 N–H and O–H groups in total. The minimum Gasteiger partial charge on any atom is -0.397 e. The average molecular weight is 302 g/mol. The molecule has 0 atom stereocenters. The van der Waals surface area contributed by atoms with Crippen LogP contribution in [0.15, 0.2) is 18.2 Å². The minimum absolute atomic E-state index is 0.00818. The van der Waals surface area contributed by atoms with Crippen LogP contribution >= 0.6 is 11.6 Å². The van der Waals surface area contributed by atoms with Crippen molar-refractivity contribution >= 4 is 28.9 Å². The Bertz CT molecular complexity index is 437. The molecule has 112 valence electrons. The molecule has 0 saturated heterocycles. The van der Waals surface area contributed by atoms with Gasteiger partial charge < -0.3 is 21.3 Å². The van der Waals surface area contributed by atoms with Crippen molar-refractivity contribution in [2.45, 2.75) is 6.42 Å². The number of amides is 1. The number of hydrogen-bond donors (Lipinski definition) is 4. The highest BCUT2D eigenvalue weighted by Crippen LogP contribution is 2.22. The molecule has 1 amide bonds. The number of aliphatic hydroxyl groups is 2. The molecular formula is C13H20ClN3O3. The van der Waals surface area contributed by atoms with Gasteiger partial charge in [0.1, 0.15) is 0 Å². The van der Waals surface area contributed by atoms with Crippen LogP contribution in [-0.2, 0) is 4.79 Å². The summed E-state index contributed by atoms with van der Waals surface area (Å²) in [5.74, 6) is -0.181. The molecule has 7 heteroatoms. The van der Waals surface area contributed by atoms with E-state index in [1.54, 1.807) is 18.2 Å². The van der Waals surface area contributed by atoms with E-state index in [1.807, 2.05) is 4.90 Å². The van der Waals surface area contributed by atoms with Gasteiger partial charge in [-0.15, -0.1) is 0 Å². The first-order valence-corrected chi connectivity index (χ1v) is 6.73. The number of aliphatic hydroxyl groups excluding tert-OH is 2. The first-order valence-electron chi connectivity index (χ1n) is 6.35. The topological polar surface area (TPSA) is 98.8 Å². The van der Waals surface area contributed by atoms with Crippen molar-refractivity contribution in [3.63, 3.8) is 0 Å². The summed E-state index contributed by atoms with van der Waals surface area (Å²) < 4.78 is 0. The Hall–Kier alpha value is -1.34. The fraction of sp³-hybridized carbons (Fsp3) is 0.462. The second kappa shape index (κ2) is 8.76. The smallest absolute Gasteiger partial charge is 0.225 e. The summed E-state index contributed by atoms with van der Waals surface area (Å²) in [6.45, 7) is 1.30. The van der Waals surface area contributed by atoms with Crippen LogP contribution in [0.3, 0.4) is 0 Å². The number of benzene rings is 1. The summed E-state index contributed by atoms with van der Waals surface area (Å²) in [5.41, 5.74) is 6.68. The Morgan fingerprint density at radius 1 is 1.25 bits per heavy atom. The van der Waals surface area contributed by atoms with E-state index < -0.39 is 0 Å². The van der Waals surface area contributed by atoms with Gasteiger partial charge in [0, 0.05) is 31.1 Å². The SMILES string of the molecule is Nc1cc(Cl)ccc1NC(=O)CCN(CCO)CCO. The maximum Gasteiger partial charge on any atom is 0.225 e. The van der Waals surface area contributed by atoms with Gasteiger partial charge >= 0.3 is 0 Å². The number of carbonyl (C=O) groups excluding carboxylic acids is 1. The van der Waals surface area contributed by atoms with Gasteiger partial charge in [-0.25, -0.2) is 0 Å². The monoisotopic (exact) mass is 301 g/mol. The zero-order valence-corrected chi connectivity index (χ0v) is 11.9. The third-order valence-corrected chi connectivity index (χ3v) is 3.01. The molecule has 0 aliphatic heterocycles. The lowest BCUT2D eigenvalue weighted by molar-refractivity contribution is -0.116. The fourth-order valence-electron chi connectivity index (χ4n) is 1.74. The number of nitrogens with one attached hydrogen (secondary N) is 1. The normalized spacial score (nSPS) is 10.8. The van der Waals surface area contributed by atoms with E-state index >= 15 is 0 Å². The molecule has 0 aliphatic carbocycles. The Kier molecular flexibility index (Phi) is 7.32. The van der Waals surface area contributed by atoms with E-state index in [0.29, 0.717) is 36.0 Å². The lowest BCUT2D eigenvalue weighted by atomic mass is 10.2. The molecule has 6 nitrogen and oxygen atoms in total. The van der Waals surface area contributed by atoms with Crippen LogP contribution in [0.1, 0.15) is 6.42 Å². The lowest BCUT2D eigenvalue weighted by Gasteiger charge is -2.19. The van der Waals surface area contributed by atoms with Crippen LogP contribution < -0.4 is 11.1 Å². The highest BCUT2D eigenvalue weighted by molar-refractivity contribution is 6.31.